The van der Waals surface area contributed by atoms with Crippen LogP contribution in [0.3, 0.4) is 0 Å². The van der Waals surface area contributed by atoms with Crippen molar-refractivity contribution in [3.63, 3.8) is 0 Å². The number of H-pyrrole nitrogens is 1. The first-order valence-electron chi connectivity index (χ1n) is 7.51. The van der Waals surface area contributed by atoms with Gasteiger partial charge in [0.15, 0.2) is 0 Å². The molecule has 4 aromatic rings. The number of rotatable bonds is 3. The molecule has 0 bridgehead atoms. The summed E-state index contributed by atoms with van der Waals surface area (Å²) in [6.45, 7) is 1.70. The molecule has 130 valence electrons. The second-order valence-corrected chi connectivity index (χ2v) is 6.49. The van der Waals surface area contributed by atoms with Crippen molar-refractivity contribution in [3.8, 4) is 11.4 Å². The number of fused-ring (bicyclic) bond motifs is 1. The highest BCUT2D eigenvalue weighted by Gasteiger charge is 2.17. The molecule has 0 saturated carbocycles. The molecule has 26 heavy (non-hydrogen) atoms. The second kappa shape index (κ2) is 6.30. The summed E-state index contributed by atoms with van der Waals surface area (Å²) < 4.78 is 16.6. The van der Waals surface area contributed by atoms with E-state index < -0.39 is 5.82 Å². The Kier molecular flexibility index (Phi) is 3.96. The molecular formula is C16H11BrFN7O. The van der Waals surface area contributed by atoms with Crippen LogP contribution in [0.2, 0.25) is 0 Å². The fourth-order valence-electron chi connectivity index (χ4n) is 2.57. The van der Waals surface area contributed by atoms with Gasteiger partial charge in [-0.15, -0.1) is 10.2 Å². The molecule has 3 heterocycles. The van der Waals surface area contributed by atoms with E-state index in [-0.39, 0.29) is 17.3 Å². The maximum absolute atomic E-state index is 14.2. The first-order chi connectivity index (χ1) is 12.5. The van der Waals surface area contributed by atoms with Gasteiger partial charge in [0.2, 0.25) is 5.82 Å². The quantitative estimate of drug-likeness (QED) is 0.535. The fourth-order valence-corrected chi connectivity index (χ4v) is 2.91. The number of aromatic nitrogens is 6. The van der Waals surface area contributed by atoms with E-state index in [0.717, 1.165) is 4.47 Å². The normalized spacial score (nSPS) is 11.0. The van der Waals surface area contributed by atoms with E-state index in [0.29, 0.717) is 22.3 Å². The maximum Gasteiger partial charge on any atom is 0.259 e. The van der Waals surface area contributed by atoms with Gasteiger partial charge in [-0.05, 0) is 42.0 Å². The number of nitrogens with zero attached hydrogens (tertiary/aromatic N) is 5. The molecule has 1 aromatic carbocycles. The minimum absolute atomic E-state index is 0.109. The summed E-state index contributed by atoms with van der Waals surface area (Å²) >= 11 is 3.38. The number of tetrazole rings is 1. The second-order valence-electron chi connectivity index (χ2n) is 5.57. The van der Waals surface area contributed by atoms with Gasteiger partial charge in [-0.2, -0.15) is 10.3 Å². The number of aryl methyl sites for hydroxylation is 1. The van der Waals surface area contributed by atoms with E-state index in [9.17, 15) is 9.18 Å². The number of amides is 1. The molecular weight excluding hydrogens is 405 g/mol. The van der Waals surface area contributed by atoms with Crippen LogP contribution in [0, 0.1) is 12.7 Å². The van der Waals surface area contributed by atoms with E-state index in [1.165, 1.54) is 18.3 Å². The van der Waals surface area contributed by atoms with E-state index >= 15 is 0 Å². The summed E-state index contributed by atoms with van der Waals surface area (Å²) in [6.07, 6.45) is 3.23. The van der Waals surface area contributed by atoms with Crippen LogP contribution >= 0.6 is 15.9 Å². The summed E-state index contributed by atoms with van der Waals surface area (Å²) in [6, 6.07) is 6.41. The zero-order chi connectivity index (χ0) is 18.3. The van der Waals surface area contributed by atoms with Crippen LogP contribution in [-0.2, 0) is 0 Å². The molecule has 0 radical (unpaired) electrons. The molecule has 2 N–H and O–H groups in total. The Labute approximate surface area is 154 Å². The summed E-state index contributed by atoms with van der Waals surface area (Å²) in [5, 5.41) is 20.2. The average molecular weight is 416 g/mol. The van der Waals surface area contributed by atoms with Crippen molar-refractivity contribution in [1.29, 1.82) is 0 Å². The Morgan fingerprint density at radius 2 is 2.19 bits per heavy atom. The molecule has 1 amide bonds. The van der Waals surface area contributed by atoms with Gasteiger partial charge in [0.1, 0.15) is 5.82 Å². The van der Waals surface area contributed by atoms with E-state index in [4.69, 9.17) is 0 Å². The number of benzene rings is 1. The molecule has 0 unspecified atom stereocenters. The van der Waals surface area contributed by atoms with Crippen LogP contribution in [-0.4, -0.2) is 36.1 Å². The summed E-state index contributed by atoms with van der Waals surface area (Å²) in [5.74, 6) is -0.744. The van der Waals surface area contributed by atoms with Gasteiger partial charge in [-0.25, -0.2) is 8.91 Å². The fraction of sp³-hybridized carbons (Fsp3) is 0.0625. The van der Waals surface area contributed by atoms with Crippen molar-refractivity contribution in [1.82, 2.24) is 30.2 Å². The van der Waals surface area contributed by atoms with E-state index in [1.54, 1.807) is 23.7 Å². The minimum Gasteiger partial charge on any atom is -0.322 e. The first kappa shape index (κ1) is 16.3. The number of anilines is 1. The first-order valence-corrected chi connectivity index (χ1v) is 8.30. The third-order valence-electron chi connectivity index (χ3n) is 3.88. The SMILES string of the molecule is Cc1cc(F)c(-c2nn[nH]n2)cc1NC(=O)c1cnn2ccc(Br)cc12. The number of carbonyl (C=O) groups excluding carboxylic acids is 1. The van der Waals surface area contributed by atoms with Crippen LogP contribution < -0.4 is 5.32 Å². The van der Waals surface area contributed by atoms with Gasteiger partial charge >= 0.3 is 0 Å². The average Bonchev–Trinajstić information content (AvgIpc) is 3.26. The zero-order valence-electron chi connectivity index (χ0n) is 13.4. The number of hydrogen-bond acceptors (Lipinski definition) is 5. The third-order valence-corrected chi connectivity index (χ3v) is 4.37. The summed E-state index contributed by atoms with van der Waals surface area (Å²) in [7, 11) is 0. The minimum atomic E-state index is -0.498. The highest BCUT2D eigenvalue weighted by molar-refractivity contribution is 9.10. The number of nitrogens with one attached hydrogen (secondary N) is 2. The molecule has 0 atom stereocenters. The van der Waals surface area contributed by atoms with Crippen LogP contribution in [0.1, 0.15) is 15.9 Å². The lowest BCUT2D eigenvalue weighted by molar-refractivity contribution is 0.102. The standard InChI is InChI=1S/C16H11BrFN7O/c1-8-4-12(18)10(15-21-23-24-22-15)6-13(8)20-16(26)11-7-19-25-3-2-9(17)5-14(11)25/h2-7H,1H3,(H,20,26)(H,21,22,23,24). The van der Waals surface area contributed by atoms with Crippen molar-refractivity contribution in [2.24, 2.45) is 0 Å². The molecule has 4 rings (SSSR count). The lowest BCUT2D eigenvalue weighted by Gasteiger charge is -2.10. The summed E-state index contributed by atoms with van der Waals surface area (Å²) in [4.78, 5) is 12.7. The molecule has 0 aliphatic carbocycles. The van der Waals surface area contributed by atoms with Crippen molar-refractivity contribution < 1.29 is 9.18 Å². The lowest BCUT2D eigenvalue weighted by atomic mass is 10.1. The molecule has 3 aromatic heterocycles. The Bertz CT molecular complexity index is 1120. The number of pyridine rings is 1. The largest absolute Gasteiger partial charge is 0.322 e. The Morgan fingerprint density at radius 3 is 2.96 bits per heavy atom. The molecule has 0 spiro atoms. The van der Waals surface area contributed by atoms with Gasteiger partial charge in [0.25, 0.3) is 5.91 Å². The Morgan fingerprint density at radius 1 is 1.35 bits per heavy atom. The topological polar surface area (TPSA) is 101 Å². The van der Waals surface area contributed by atoms with Crippen molar-refractivity contribution in [3.05, 3.63) is 58.1 Å². The van der Waals surface area contributed by atoms with Gasteiger partial charge < -0.3 is 5.32 Å². The van der Waals surface area contributed by atoms with Crippen LogP contribution in [0.25, 0.3) is 16.9 Å². The highest BCUT2D eigenvalue weighted by atomic mass is 79.9. The third kappa shape index (κ3) is 2.84. The molecule has 0 fully saturated rings. The van der Waals surface area contributed by atoms with Crippen LogP contribution in [0.4, 0.5) is 10.1 Å². The maximum atomic E-state index is 14.2. The molecule has 10 heteroatoms. The van der Waals surface area contributed by atoms with Gasteiger partial charge in [0.05, 0.1) is 22.8 Å². The number of halogens is 2. The number of carbonyl (C=O) groups is 1. The van der Waals surface area contributed by atoms with Gasteiger partial charge in [-0.3, -0.25) is 4.79 Å². The Hall–Kier alpha value is -3.14. The molecule has 0 aliphatic rings. The van der Waals surface area contributed by atoms with Crippen LogP contribution in [0.15, 0.2) is 41.1 Å². The predicted octanol–water partition coefficient (Wildman–Crippen LogP) is 2.98. The van der Waals surface area contributed by atoms with Gasteiger partial charge in [0, 0.05) is 16.4 Å². The number of aromatic amines is 1. The monoisotopic (exact) mass is 415 g/mol. The van der Waals surface area contributed by atoms with E-state index in [1.807, 2.05) is 6.07 Å². The van der Waals surface area contributed by atoms with Crippen molar-refractivity contribution in [2.45, 2.75) is 6.92 Å². The zero-order valence-corrected chi connectivity index (χ0v) is 15.0. The number of hydrogen-bond donors (Lipinski definition) is 2. The lowest BCUT2D eigenvalue weighted by Crippen LogP contribution is -2.13. The van der Waals surface area contributed by atoms with Crippen molar-refractivity contribution >= 4 is 33.0 Å². The van der Waals surface area contributed by atoms with Gasteiger partial charge in [-0.1, -0.05) is 15.9 Å². The summed E-state index contributed by atoms with van der Waals surface area (Å²) in [5.41, 5.74) is 2.21. The predicted molar refractivity (Wildman–Crippen MR) is 95.2 cm³/mol. The molecule has 0 aliphatic heterocycles. The molecule has 0 saturated heterocycles. The highest BCUT2D eigenvalue weighted by Crippen LogP contribution is 2.27. The molecule has 8 nitrogen and oxygen atoms in total. The van der Waals surface area contributed by atoms with Crippen LogP contribution in [0.5, 0.6) is 0 Å². The van der Waals surface area contributed by atoms with Crippen molar-refractivity contribution in [2.75, 3.05) is 5.32 Å². The van der Waals surface area contributed by atoms with E-state index in [2.05, 4.69) is 47.0 Å². The smallest absolute Gasteiger partial charge is 0.259 e. The Balaban J connectivity index is 1.71.